The summed E-state index contributed by atoms with van der Waals surface area (Å²) in [6.07, 6.45) is 20.1. The third-order valence-corrected chi connectivity index (χ3v) is 5.39. The van der Waals surface area contributed by atoms with Gasteiger partial charge in [-0.15, -0.1) is 11.6 Å². The zero-order valence-electron chi connectivity index (χ0n) is 15.2. The number of alkyl halides is 1. The fourth-order valence-corrected chi connectivity index (χ4v) is 3.74. The minimum absolute atomic E-state index is 0.0153. The fourth-order valence-electron chi connectivity index (χ4n) is 3.68. The molecule has 1 rings (SSSR count). The molecule has 0 saturated heterocycles. The van der Waals surface area contributed by atoms with Gasteiger partial charge in [0.25, 0.3) is 0 Å². The number of unbranched alkanes of at least 4 members (excludes halogenated alkanes) is 9. The average Bonchev–Trinajstić information content (AvgIpc) is 2.58. The van der Waals surface area contributed by atoms with Crippen molar-refractivity contribution in [1.29, 1.82) is 0 Å². The Bertz CT molecular complexity index is 285. The highest BCUT2D eigenvalue weighted by Crippen LogP contribution is 2.30. The summed E-state index contributed by atoms with van der Waals surface area (Å²) >= 11 is 5.48. The molecule has 3 heteroatoms. The minimum Gasteiger partial charge on any atom is -0.461 e. The summed E-state index contributed by atoms with van der Waals surface area (Å²) in [4.78, 5) is 11.2. The molecular weight excluding hydrogens is 308 g/mol. The molecule has 23 heavy (non-hydrogen) atoms. The lowest BCUT2D eigenvalue weighted by Crippen LogP contribution is -2.25. The zero-order valence-corrected chi connectivity index (χ0v) is 15.9. The minimum atomic E-state index is -0.259. The molecule has 0 heterocycles. The normalized spacial score (nSPS) is 21.3. The smallest absolute Gasteiger partial charge is 0.321 e. The van der Waals surface area contributed by atoms with E-state index >= 15 is 0 Å². The van der Waals surface area contributed by atoms with Crippen molar-refractivity contribution in [1.82, 2.24) is 0 Å². The average molecular weight is 345 g/mol. The third-order valence-electron chi connectivity index (χ3n) is 5.17. The van der Waals surface area contributed by atoms with Crippen LogP contribution in [0, 0.1) is 5.92 Å². The maximum Gasteiger partial charge on any atom is 0.321 e. The number of carbonyl (C=O) groups is 1. The molecule has 2 nitrogen and oxygen atoms in total. The SMILES string of the molecule is CCCCCCCCCCCCC1CCC(OC(=O)CCl)CC1. The predicted molar refractivity (Wildman–Crippen MR) is 99.0 cm³/mol. The second kappa shape index (κ2) is 14.1. The van der Waals surface area contributed by atoms with E-state index in [0.29, 0.717) is 0 Å². The van der Waals surface area contributed by atoms with Crippen LogP contribution in [0.25, 0.3) is 0 Å². The molecule has 0 aliphatic heterocycles. The van der Waals surface area contributed by atoms with Crippen molar-refractivity contribution in [3.05, 3.63) is 0 Å². The Morgan fingerprint density at radius 2 is 1.39 bits per heavy atom. The highest BCUT2D eigenvalue weighted by atomic mass is 35.5. The van der Waals surface area contributed by atoms with Gasteiger partial charge in [0.05, 0.1) is 0 Å². The van der Waals surface area contributed by atoms with Gasteiger partial charge in [0.15, 0.2) is 0 Å². The van der Waals surface area contributed by atoms with Gasteiger partial charge in [0.1, 0.15) is 12.0 Å². The highest BCUT2D eigenvalue weighted by molar-refractivity contribution is 6.26. The lowest BCUT2D eigenvalue weighted by molar-refractivity contribution is -0.147. The molecule has 0 atom stereocenters. The molecule has 0 bridgehead atoms. The summed E-state index contributed by atoms with van der Waals surface area (Å²) in [6, 6.07) is 0. The van der Waals surface area contributed by atoms with Crippen molar-refractivity contribution in [3.63, 3.8) is 0 Å². The van der Waals surface area contributed by atoms with E-state index < -0.39 is 0 Å². The maximum absolute atomic E-state index is 11.2. The Hall–Kier alpha value is -0.240. The quantitative estimate of drug-likeness (QED) is 0.213. The molecule has 1 aliphatic carbocycles. The van der Waals surface area contributed by atoms with E-state index in [-0.39, 0.29) is 18.0 Å². The molecule has 1 fully saturated rings. The number of rotatable bonds is 13. The van der Waals surface area contributed by atoms with Crippen LogP contribution in [0.3, 0.4) is 0 Å². The first kappa shape index (κ1) is 20.8. The number of ether oxygens (including phenoxy) is 1. The Morgan fingerprint density at radius 1 is 0.870 bits per heavy atom. The number of hydrogen-bond acceptors (Lipinski definition) is 2. The number of esters is 1. The summed E-state index contributed by atoms with van der Waals surface area (Å²) in [6.45, 7) is 2.28. The van der Waals surface area contributed by atoms with E-state index in [0.717, 1.165) is 18.8 Å². The molecular formula is C20H37ClO2. The Balaban J connectivity index is 1.87. The Labute approximate surface area is 148 Å². The van der Waals surface area contributed by atoms with E-state index in [1.54, 1.807) is 0 Å². The lowest BCUT2D eigenvalue weighted by Gasteiger charge is -2.28. The fraction of sp³-hybridized carbons (Fsp3) is 0.950. The number of carbonyl (C=O) groups excluding carboxylic acids is 1. The van der Waals surface area contributed by atoms with Crippen LogP contribution in [0.1, 0.15) is 103 Å². The van der Waals surface area contributed by atoms with Gasteiger partial charge in [0.2, 0.25) is 0 Å². The summed E-state index contributed by atoms with van der Waals surface area (Å²) < 4.78 is 5.32. The van der Waals surface area contributed by atoms with Gasteiger partial charge in [-0.3, -0.25) is 4.79 Å². The molecule has 0 radical (unpaired) electrons. The van der Waals surface area contributed by atoms with E-state index in [1.807, 2.05) is 0 Å². The van der Waals surface area contributed by atoms with Crippen LogP contribution in [0.5, 0.6) is 0 Å². The third kappa shape index (κ3) is 11.0. The van der Waals surface area contributed by atoms with Crippen molar-refractivity contribution in [3.8, 4) is 0 Å². The van der Waals surface area contributed by atoms with Crippen molar-refractivity contribution < 1.29 is 9.53 Å². The largest absolute Gasteiger partial charge is 0.461 e. The van der Waals surface area contributed by atoms with Gasteiger partial charge < -0.3 is 4.74 Å². The van der Waals surface area contributed by atoms with Crippen LogP contribution >= 0.6 is 11.6 Å². The first-order valence-electron chi connectivity index (χ1n) is 10.0. The van der Waals surface area contributed by atoms with E-state index in [4.69, 9.17) is 16.3 Å². The number of halogens is 1. The summed E-state index contributed by atoms with van der Waals surface area (Å²) in [7, 11) is 0. The molecule has 0 unspecified atom stereocenters. The highest BCUT2D eigenvalue weighted by Gasteiger charge is 2.23. The van der Waals surface area contributed by atoms with Crippen LogP contribution < -0.4 is 0 Å². The van der Waals surface area contributed by atoms with Crippen molar-refractivity contribution >= 4 is 17.6 Å². The monoisotopic (exact) mass is 344 g/mol. The van der Waals surface area contributed by atoms with Gasteiger partial charge in [-0.25, -0.2) is 0 Å². The molecule has 0 aromatic heterocycles. The summed E-state index contributed by atoms with van der Waals surface area (Å²) in [5, 5.41) is 0. The van der Waals surface area contributed by atoms with Crippen LogP contribution in [0.4, 0.5) is 0 Å². The summed E-state index contributed by atoms with van der Waals surface area (Å²) in [5.41, 5.74) is 0. The molecule has 0 amide bonds. The Kier molecular flexibility index (Phi) is 12.8. The zero-order chi connectivity index (χ0) is 16.8. The van der Waals surface area contributed by atoms with Gasteiger partial charge in [-0.05, 0) is 31.6 Å². The number of hydrogen-bond donors (Lipinski definition) is 0. The standard InChI is InChI=1S/C20H37ClO2/c1-2-3-4-5-6-7-8-9-10-11-12-18-13-15-19(16-14-18)23-20(22)17-21/h18-19H,2-17H2,1H3. The van der Waals surface area contributed by atoms with E-state index in [2.05, 4.69) is 6.92 Å². The van der Waals surface area contributed by atoms with E-state index in [1.165, 1.54) is 83.5 Å². The molecule has 0 N–H and O–H groups in total. The topological polar surface area (TPSA) is 26.3 Å². The molecule has 136 valence electrons. The molecule has 0 aromatic carbocycles. The first-order valence-corrected chi connectivity index (χ1v) is 10.5. The summed E-state index contributed by atoms with van der Waals surface area (Å²) in [5.74, 6) is 0.582. The van der Waals surface area contributed by atoms with Gasteiger partial charge in [0, 0.05) is 0 Å². The van der Waals surface area contributed by atoms with Crippen molar-refractivity contribution in [2.24, 2.45) is 5.92 Å². The molecule has 1 saturated carbocycles. The predicted octanol–water partition coefficient (Wildman–Crippen LogP) is 6.64. The second-order valence-corrected chi connectivity index (χ2v) is 7.50. The molecule has 1 aliphatic rings. The van der Waals surface area contributed by atoms with Gasteiger partial charge in [-0.1, -0.05) is 77.6 Å². The second-order valence-electron chi connectivity index (χ2n) is 7.24. The van der Waals surface area contributed by atoms with E-state index in [9.17, 15) is 4.79 Å². The maximum atomic E-state index is 11.2. The molecule has 0 aromatic rings. The van der Waals surface area contributed by atoms with Crippen molar-refractivity contribution in [2.45, 2.75) is 109 Å². The van der Waals surface area contributed by atoms with Crippen LogP contribution in [0.2, 0.25) is 0 Å². The van der Waals surface area contributed by atoms with Crippen LogP contribution in [-0.2, 0) is 9.53 Å². The Morgan fingerprint density at radius 3 is 1.91 bits per heavy atom. The first-order chi connectivity index (χ1) is 11.3. The van der Waals surface area contributed by atoms with Gasteiger partial charge >= 0.3 is 5.97 Å². The van der Waals surface area contributed by atoms with Crippen LogP contribution in [-0.4, -0.2) is 18.0 Å². The molecule has 0 spiro atoms. The van der Waals surface area contributed by atoms with Gasteiger partial charge in [-0.2, -0.15) is 0 Å². The lowest BCUT2D eigenvalue weighted by atomic mass is 9.84. The van der Waals surface area contributed by atoms with Crippen LogP contribution in [0.15, 0.2) is 0 Å². The van der Waals surface area contributed by atoms with Crippen molar-refractivity contribution in [2.75, 3.05) is 5.88 Å².